The Balaban J connectivity index is 1.83. The van der Waals surface area contributed by atoms with Crippen molar-refractivity contribution in [1.29, 1.82) is 0 Å². The first kappa shape index (κ1) is 20.6. The van der Waals surface area contributed by atoms with Gasteiger partial charge in [-0.15, -0.1) is 0 Å². The van der Waals surface area contributed by atoms with Gasteiger partial charge in [-0.2, -0.15) is 4.31 Å². The number of carbonyl (C=O) groups is 1. The molecule has 0 saturated carbocycles. The molecule has 0 spiro atoms. The summed E-state index contributed by atoms with van der Waals surface area (Å²) in [6.07, 6.45) is 3.88. The number of aryl methyl sites for hydroxylation is 1. The summed E-state index contributed by atoms with van der Waals surface area (Å²) in [6, 6.07) is 14.4. The van der Waals surface area contributed by atoms with Crippen molar-refractivity contribution in [3.8, 4) is 0 Å². The van der Waals surface area contributed by atoms with E-state index in [1.807, 2.05) is 44.2 Å². The van der Waals surface area contributed by atoms with E-state index in [1.165, 1.54) is 6.07 Å². The Bertz CT molecular complexity index is 918. The van der Waals surface area contributed by atoms with Crippen LogP contribution in [0.15, 0.2) is 53.4 Å². The zero-order chi connectivity index (χ0) is 20.1. The molecule has 1 aliphatic heterocycles. The fourth-order valence-corrected chi connectivity index (χ4v) is 5.08. The normalized spacial score (nSPS) is 16.9. The molecule has 1 heterocycles. The first-order chi connectivity index (χ1) is 13.4. The molecule has 1 aliphatic rings. The van der Waals surface area contributed by atoms with Gasteiger partial charge in [0, 0.05) is 18.7 Å². The highest BCUT2D eigenvalue weighted by atomic mass is 32.2. The summed E-state index contributed by atoms with van der Waals surface area (Å²) in [5, 5.41) is 2.97. The minimum Gasteiger partial charge on any atom is -0.346 e. The number of nitrogens with zero attached hydrogens (tertiary/aromatic N) is 1. The van der Waals surface area contributed by atoms with Crippen LogP contribution >= 0.6 is 0 Å². The minimum atomic E-state index is -3.59. The summed E-state index contributed by atoms with van der Waals surface area (Å²) < 4.78 is 27.7. The molecule has 0 radical (unpaired) electrons. The lowest BCUT2D eigenvalue weighted by molar-refractivity contribution is 0.0939. The summed E-state index contributed by atoms with van der Waals surface area (Å²) in [5.74, 6) is -0.262. The number of hydrogen-bond donors (Lipinski definition) is 1. The second-order valence-corrected chi connectivity index (χ2v) is 9.34. The predicted octanol–water partition coefficient (Wildman–Crippen LogP) is 4.05. The Morgan fingerprint density at radius 1 is 1.00 bits per heavy atom. The van der Waals surface area contributed by atoms with E-state index in [0.717, 1.165) is 36.8 Å². The molecule has 2 aromatic rings. The number of benzene rings is 2. The second-order valence-electron chi connectivity index (χ2n) is 7.40. The Morgan fingerprint density at radius 2 is 1.64 bits per heavy atom. The quantitative estimate of drug-likeness (QED) is 0.823. The van der Waals surface area contributed by atoms with E-state index in [9.17, 15) is 13.2 Å². The van der Waals surface area contributed by atoms with Crippen molar-refractivity contribution >= 4 is 15.9 Å². The Kier molecular flexibility index (Phi) is 6.52. The summed E-state index contributed by atoms with van der Waals surface area (Å²) >= 11 is 0. The predicted molar refractivity (Wildman–Crippen MR) is 111 cm³/mol. The van der Waals surface area contributed by atoms with Crippen LogP contribution in [-0.4, -0.2) is 31.7 Å². The Hall–Kier alpha value is -2.18. The van der Waals surface area contributed by atoms with Gasteiger partial charge in [-0.3, -0.25) is 4.79 Å². The van der Waals surface area contributed by atoms with Crippen molar-refractivity contribution in [1.82, 2.24) is 9.62 Å². The van der Waals surface area contributed by atoms with Crippen molar-refractivity contribution in [3.05, 3.63) is 65.2 Å². The molecular formula is C22H28N2O3S. The molecule has 0 aliphatic carbocycles. The van der Waals surface area contributed by atoms with Crippen molar-refractivity contribution in [3.63, 3.8) is 0 Å². The standard InChI is InChI=1S/C22H28N2O3S/c1-17-12-13-20(28(26,27)24-14-8-3-4-9-15-24)16-21(17)22(25)23-18(2)19-10-6-5-7-11-19/h5-7,10-13,16,18H,3-4,8-9,14-15H2,1-2H3,(H,23,25)/t18-/m0/s1. The van der Waals surface area contributed by atoms with E-state index in [1.54, 1.807) is 16.4 Å². The maximum atomic E-state index is 13.1. The van der Waals surface area contributed by atoms with Crippen LogP contribution in [0.2, 0.25) is 0 Å². The van der Waals surface area contributed by atoms with Crippen LogP contribution in [0.5, 0.6) is 0 Å². The molecule has 1 saturated heterocycles. The summed E-state index contributed by atoms with van der Waals surface area (Å²) in [5.41, 5.74) is 2.16. The molecule has 6 heteroatoms. The van der Waals surface area contributed by atoms with Gasteiger partial charge in [0.1, 0.15) is 0 Å². The summed E-state index contributed by atoms with van der Waals surface area (Å²) in [4.78, 5) is 13.0. The second kappa shape index (κ2) is 8.88. The smallest absolute Gasteiger partial charge is 0.252 e. The van der Waals surface area contributed by atoms with Crippen LogP contribution in [0.3, 0.4) is 0 Å². The average Bonchev–Trinajstić information content (AvgIpc) is 2.99. The maximum Gasteiger partial charge on any atom is 0.252 e. The maximum absolute atomic E-state index is 13.1. The van der Waals surface area contributed by atoms with Crippen molar-refractivity contribution in [2.45, 2.75) is 50.5 Å². The van der Waals surface area contributed by atoms with E-state index in [0.29, 0.717) is 18.7 Å². The van der Waals surface area contributed by atoms with Gasteiger partial charge >= 0.3 is 0 Å². The van der Waals surface area contributed by atoms with Gasteiger partial charge in [0.05, 0.1) is 10.9 Å². The molecule has 1 amide bonds. The molecule has 1 fully saturated rings. The van der Waals surface area contributed by atoms with Gasteiger partial charge in [-0.1, -0.05) is 49.2 Å². The van der Waals surface area contributed by atoms with Gasteiger partial charge < -0.3 is 5.32 Å². The molecule has 28 heavy (non-hydrogen) atoms. The summed E-state index contributed by atoms with van der Waals surface area (Å²) in [6.45, 7) is 4.83. The highest BCUT2D eigenvalue weighted by Gasteiger charge is 2.26. The Labute approximate surface area is 167 Å². The number of rotatable bonds is 5. The first-order valence-electron chi connectivity index (χ1n) is 9.86. The van der Waals surface area contributed by atoms with Gasteiger partial charge in [0.15, 0.2) is 0 Å². The zero-order valence-corrected chi connectivity index (χ0v) is 17.3. The van der Waals surface area contributed by atoms with Crippen LogP contribution < -0.4 is 5.32 Å². The van der Waals surface area contributed by atoms with E-state index in [-0.39, 0.29) is 16.8 Å². The van der Waals surface area contributed by atoms with Crippen molar-refractivity contribution < 1.29 is 13.2 Å². The lowest BCUT2D eigenvalue weighted by atomic mass is 10.1. The van der Waals surface area contributed by atoms with Crippen LogP contribution in [-0.2, 0) is 10.0 Å². The summed E-state index contributed by atoms with van der Waals surface area (Å²) in [7, 11) is -3.59. The molecule has 0 bridgehead atoms. The van der Waals surface area contributed by atoms with Crippen molar-refractivity contribution in [2.24, 2.45) is 0 Å². The number of amides is 1. The third-order valence-electron chi connectivity index (χ3n) is 5.30. The molecule has 150 valence electrons. The molecular weight excluding hydrogens is 372 g/mol. The van der Waals surface area contributed by atoms with E-state index >= 15 is 0 Å². The number of hydrogen-bond acceptors (Lipinski definition) is 3. The monoisotopic (exact) mass is 400 g/mol. The van der Waals surface area contributed by atoms with Crippen molar-refractivity contribution in [2.75, 3.05) is 13.1 Å². The third kappa shape index (κ3) is 4.62. The fourth-order valence-electron chi connectivity index (χ4n) is 3.54. The lowest BCUT2D eigenvalue weighted by Crippen LogP contribution is -2.32. The van der Waals surface area contributed by atoms with Gasteiger partial charge in [0.2, 0.25) is 10.0 Å². The average molecular weight is 401 g/mol. The lowest BCUT2D eigenvalue weighted by Gasteiger charge is -2.21. The minimum absolute atomic E-state index is 0.168. The van der Waals surface area contributed by atoms with E-state index in [2.05, 4.69) is 5.32 Å². The van der Waals surface area contributed by atoms with Crippen LogP contribution in [0, 0.1) is 6.92 Å². The SMILES string of the molecule is Cc1ccc(S(=O)(=O)N2CCCCCC2)cc1C(=O)N[C@@H](C)c1ccccc1. The van der Waals surface area contributed by atoms with Crippen LogP contribution in [0.4, 0.5) is 0 Å². The molecule has 1 atom stereocenters. The van der Waals surface area contributed by atoms with Crippen LogP contribution in [0.1, 0.15) is 60.1 Å². The molecule has 3 rings (SSSR count). The van der Waals surface area contributed by atoms with Gasteiger partial charge in [-0.05, 0) is 49.9 Å². The van der Waals surface area contributed by atoms with E-state index in [4.69, 9.17) is 0 Å². The third-order valence-corrected chi connectivity index (χ3v) is 7.20. The highest BCUT2D eigenvalue weighted by molar-refractivity contribution is 7.89. The first-order valence-corrected chi connectivity index (χ1v) is 11.3. The molecule has 0 aromatic heterocycles. The molecule has 1 N–H and O–H groups in total. The largest absolute Gasteiger partial charge is 0.346 e. The topological polar surface area (TPSA) is 66.5 Å². The molecule has 0 unspecified atom stereocenters. The van der Waals surface area contributed by atoms with Gasteiger partial charge in [0.25, 0.3) is 5.91 Å². The number of nitrogens with one attached hydrogen (secondary N) is 1. The zero-order valence-electron chi connectivity index (χ0n) is 16.5. The van der Waals surface area contributed by atoms with Crippen LogP contribution in [0.25, 0.3) is 0 Å². The van der Waals surface area contributed by atoms with E-state index < -0.39 is 10.0 Å². The fraction of sp³-hybridized carbons (Fsp3) is 0.409. The number of sulfonamides is 1. The molecule has 5 nitrogen and oxygen atoms in total. The highest BCUT2D eigenvalue weighted by Crippen LogP contribution is 2.23. The number of carbonyl (C=O) groups excluding carboxylic acids is 1. The molecule has 2 aromatic carbocycles. The van der Waals surface area contributed by atoms with Gasteiger partial charge in [-0.25, -0.2) is 8.42 Å². The Morgan fingerprint density at radius 3 is 2.29 bits per heavy atom.